The third kappa shape index (κ3) is 4.64. The molecule has 0 radical (unpaired) electrons. The topological polar surface area (TPSA) is 12.0 Å². The molecular weight excluding hydrogens is 249 g/mol. The summed E-state index contributed by atoms with van der Waals surface area (Å²) in [4.78, 5) is 1.16. The van der Waals surface area contributed by atoms with Crippen molar-refractivity contribution in [3.63, 3.8) is 0 Å². The van der Waals surface area contributed by atoms with Gasteiger partial charge in [-0.05, 0) is 31.7 Å². The second-order valence-electron chi connectivity index (χ2n) is 3.35. The lowest BCUT2D eigenvalue weighted by Gasteiger charge is -2.11. The summed E-state index contributed by atoms with van der Waals surface area (Å²) in [6, 6.07) is 6.25. The first-order valence-electron chi connectivity index (χ1n) is 4.94. The van der Waals surface area contributed by atoms with Gasteiger partial charge in [0.15, 0.2) is 0 Å². The van der Waals surface area contributed by atoms with Crippen LogP contribution in [0.4, 0.5) is 0 Å². The maximum absolute atomic E-state index is 5.93. The Morgan fingerprint density at radius 3 is 2.67 bits per heavy atom. The van der Waals surface area contributed by atoms with E-state index in [1.165, 1.54) is 0 Å². The first kappa shape index (κ1) is 13.2. The molecule has 1 atom stereocenters. The molecule has 84 valence electrons. The average molecular weight is 264 g/mol. The summed E-state index contributed by atoms with van der Waals surface area (Å²) in [5.41, 5.74) is 0. The van der Waals surface area contributed by atoms with Crippen LogP contribution in [0.25, 0.3) is 0 Å². The highest BCUT2D eigenvalue weighted by Gasteiger charge is 2.03. The van der Waals surface area contributed by atoms with E-state index in [4.69, 9.17) is 23.2 Å². The second kappa shape index (κ2) is 6.64. The molecule has 0 aliphatic rings. The molecule has 0 aromatic heterocycles. The first-order chi connectivity index (χ1) is 7.13. The molecule has 0 bridgehead atoms. The van der Waals surface area contributed by atoms with E-state index < -0.39 is 0 Å². The van der Waals surface area contributed by atoms with Crippen molar-refractivity contribution in [3.8, 4) is 0 Å². The van der Waals surface area contributed by atoms with Crippen molar-refractivity contribution in [2.45, 2.75) is 24.8 Å². The standard InChI is InChI=1S/C11H15Cl2NS/c1-3-14-8(2)7-15-9-4-5-10(12)11(13)6-9/h4-6,8,14H,3,7H2,1-2H3. The van der Waals surface area contributed by atoms with E-state index >= 15 is 0 Å². The SMILES string of the molecule is CCNC(C)CSc1ccc(Cl)c(Cl)c1. The molecule has 4 heteroatoms. The van der Waals surface area contributed by atoms with Crippen LogP contribution in [0.1, 0.15) is 13.8 Å². The molecule has 1 rings (SSSR count). The van der Waals surface area contributed by atoms with Crippen molar-refractivity contribution in [2.75, 3.05) is 12.3 Å². The van der Waals surface area contributed by atoms with Gasteiger partial charge in [0.1, 0.15) is 0 Å². The lowest BCUT2D eigenvalue weighted by Crippen LogP contribution is -2.27. The maximum Gasteiger partial charge on any atom is 0.0603 e. The number of nitrogens with one attached hydrogen (secondary N) is 1. The lowest BCUT2D eigenvalue weighted by atomic mass is 10.4. The molecule has 0 fully saturated rings. The third-order valence-electron chi connectivity index (χ3n) is 1.94. The predicted octanol–water partition coefficient (Wildman–Crippen LogP) is 4.08. The predicted molar refractivity (Wildman–Crippen MR) is 70.3 cm³/mol. The van der Waals surface area contributed by atoms with Gasteiger partial charge >= 0.3 is 0 Å². The van der Waals surface area contributed by atoms with Gasteiger partial charge in [-0.1, -0.05) is 30.1 Å². The number of benzene rings is 1. The van der Waals surface area contributed by atoms with Crippen LogP contribution in [0.3, 0.4) is 0 Å². The van der Waals surface area contributed by atoms with Gasteiger partial charge in [-0.3, -0.25) is 0 Å². The zero-order valence-corrected chi connectivity index (χ0v) is 11.2. The minimum absolute atomic E-state index is 0.509. The summed E-state index contributed by atoms with van der Waals surface area (Å²) in [6.45, 7) is 5.29. The van der Waals surface area contributed by atoms with Crippen molar-refractivity contribution in [1.82, 2.24) is 5.32 Å². The zero-order valence-electron chi connectivity index (χ0n) is 8.89. The summed E-state index contributed by atoms with van der Waals surface area (Å²) < 4.78 is 0. The van der Waals surface area contributed by atoms with Gasteiger partial charge in [-0.25, -0.2) is 0 Å². The Morgan fingerprint density at radius 2 is 2.07 bits per heavy atom. The quantitative estimate of drug-likeness (QED) is 0.804. The van der Waals surface area contributed by atoms with E-state index in [-0.39, 0.29) is 0 Å². The van der Waals surface area contributed by atoms with Crippen molar-refractivity contribution in [2.24, 2.45) is 0 Å². The number of rotatable bonds is 5. The molecule has 1 aromatic carbocycles. The number of hydrogen-bond donors (Lipinski definition) is 1. The van der Waals surface area contributed by atoms with E-state index in [9.17, 15) is 0 Å². The molecule has 1 nitrogen and oxygen atoms in total. The van der Waals surface area contributed by atoms with Crippen LogP contribution in [-0.2, 0) is 0 Å². The van der Waals surface area contributed by atoms with Crippen molar-refractivity contribution < 1.29 is 0 Å². The van der Waals surface area contributed by atoms with Crippen LogP contribution in [0.2, 0.25) is 10.0 Å². The third-order valence-corrected chi connectivity index (χ3v) is 3.94. The molecule has 15 heavy (non-hydrogen) atoms. The van der Waals surface area contributed by atoms with Crippen molar-refractivity contribution in [3.05, 3.63) is 28.2 Å². The second-order valence-corrected chi connectivity index (χ2v) is 5.25. The van der Waals surface area contributed by atoms with Crippen LogP contribution < -0.4 is 5.32 Å². The Labute approximate surface area is 106 Å². The number of halogens is 2. The molecule has 0 spiro atoms. The fourth-order valence-electron chi connectivity index (χ4n) is 1.20. The Bertz CT molecular complexity index is 317. The van der Waals surface area contributed by atoms with E-state index in [0.29, 0.717) is 16.1 Å². The molecule has 1 aromatic rings. The van der Waals surface area contributed by atoms with Crippen LogP contribution in [-0.4, -0.2) is 18.3 Å². The van der Waals surface area contributed by atoms with Crippen LogP contribution >= 0.6 is 35.0 Å². The molecule has 0 aliphatic carbocycles. The Hall–Kier alpha value is 0.110. The van der Waals surface area contributed by atoms with Crippen molar-refractivity contribution >= 4 is 35.0 Å². The van der Waals surface area contributed by atoms with Gasteiger partial charge in [0.25, 0.3) is 0 Å². The van der Waals surface area contributed by atoms with Gasteiger partial charge in [-0.15, -0.1) is 11.8 Å². The van der Waals surface area contributed by atoms with E-state index in [0.717, 1.165) is 17.2 Å². The first-order valence-corrected chi connectivity index (χ1v) is 6.69. The number of thioether (sulfide) groups is 1. The zero-order chi connectivity index (χ0) is 11.3. The van der Waals surface area contributed by atoms with E-state index in [1.54, 1.807) is 11.8 Å². The molecule has 0 heterocycles. The Morgan fingerprint density at radius 1 is 1.33 bits per heavy atom. The highest BCUT2D eigenvalue weighted by molar-refractivity contribution is 7.99. The largest absolute Gasteiger partial charge is 0.314 e. The fraction of sp³-hybridized carbons (Fsp3) is 0.455. The van der Waals surface area contributed by atoms with Crippen molar-refractivity contribution in [1.29, 1.82) is 0 Å². The smallest absolute Gasteiger partial charge is 0.0603 e. The van der Waals surface area contributed by atoms with Crippen LogP contribution in [0.15, 0.2) is 23.1 Å². The number of hydrogen-bond acceptors (Lipinski definition) is 2. The molecule has 0 amide bonds. The fourth-order valence-corrected chi connectivity index (χ4v) is 2.48. The van der Waals surface area contributed by atoms with Gasteiger partial charge in [0.2, 0.25) is 0 Å². The molecule has 0 saturated heterocycles. The molecule has 0 saturated carbocycles. The summed E-state index contributed by atoms with van der Waals surface area (Å²) in [5.74, 6) is 1.03. The molecular formula is C11H15Cl2NS. The summed E-state index contributed by atoms with van der Waals surface area (Å²) in [5, 5.41) is 4.60. The Kier molecular flexibility index (Phi) is 5.83. The highest BCUT2D eigenvalue weighted by Crippen LogP contribution is 2.28. The van der Waals surface area contributed by atoms with E-state index in [1.807, 2.05) is 18.2 Å². The molecule has 0 aliphatic heterocycles. The van der Waals surface area contributed by atoms with Crippen LogP contribution in [0, 0.1) is 0 Å². The van der Waals surface area contributed by atoms with Gasteiger partial charge < -0.3 is 5.32 Å². The minimum Gasteiger partial charge on any atom is -0.314 e. The highest BCUT2D eigenvalue weighted by atomic mass is 35.5. The lowest BCUT2D eigenvalue weighted by molar-refractivity contribution is 0.620. The molecule has 1 unspecified atom stereocenters. The van der Waals surface area contributed by atoms with Gasteiger partial charge in [0, 0.05) is 16.7 Å². The Balaban J connectivity index is 2.47. The van der Waals surface area contributed by atoms with E-state index in [2.05, 4.69) is 19.2 Å². The van der Waals surface area contributed by atoms with Gasteiger partial charge in [-0.2, -0.15) is 0 Å². The summed E-state index contributed by atoms with van der Waals surface area (Å²) in [7, 11) is 0. The molecule has 1 N–H and O–H groups in total. The minimum atomic E-state index is 0.509. The van der Waals surface area contributed by atoms with Gasteiger partial charge in [0.05, 0.1) is 10.0 Å². The normalized spacial score (nSPS) is 12.8. The monoisotopic (exact) mass is 263 g/mol. The average Bonchev–Trinajstić information content (AvgIpc) is 2.20. The maximum atomic E-state index is 5.93. The van der Waals surface area contributed by atoms with Crippen LogP contribution in [0.5, 0.6) is 0 Å². The summed E-state index contributed by atoms with van der Waals surface area (Å²) in [6.07, 6.45) is 0. The summed E-state index contributed by atoms with van der Waals surface area (Å²) >= 11 is 13.6.